The average Bonchev–Trinajstić information content (AvgIpc) is 2.65. The van der Waals surface area contributed by atoms with Gasteiger partial charge in [0.1, 0.15) is 0 Å². The highest BCUT2D eigenvalue weighted by atomic mass is 79.9. The first-order valence-corrected chi connectivity index (χ1v) is 8.68. The number of sulfonamides is 1. The molecule has 19 heavy (non-hydrogen) atoms. The van der Waals surface area contributed by atoms with Crippen molar-refractivity contribution in [2.75, 3.05) is 0 Å². The second-order valence-electron chi connectivity index (χ2n) is 4.64. The van der Waals surface area contributed by atoms with E-state index >= 15 is 0 Å². The van der Waals surface area contributed by atoms with Crippen molar-refractivity contribution < 1.29 is 8.42 Å². The Balaban J connectivity index is 2.08. The third-order valence-corrected chi connectivity index (χ3v) is 4.88. The zero-order chi connectivity index (χ0) is 13.7. The number of benzene rings is 1. The van der Waals surface area contributed by atoms with Gasteiger partial charge in [0.2, 0.25) is 0 Å². The van der Waals surface area contributed by atoms with Crippen LogP contribution in [0.4, 0.5) is 0 Å². The molecule has 104 valence electrons. The lowest BCUT2D eigenvalue weighted by Crippen LogP contribution is -2.20. The lowest BCUT2D eigenvalue weighted by Gasteiger charge is -2.06. The summed E-state index contributed by atoms with van der Waals surface area (Å²) in [5, 5.41) is 4.08. The molecule has 4 nitrogen and oxygen atoms in total. The largest absolute Gasteiger partial charge is 0.276 e. The van der Waals surface area contributed by atoms with Crippen molar-refractivity contribution in [3.8, 4) is 0 Å². The van der Waals surface area contributed by atoms with Crippen LogP contribution in [-0.2, 0) is 10.0 Å². The normalized spacial score (nSPS) is 16.8. The van der Waals surface area contributed by atoms with Gasteiger partial charge in [-0.05, 0) is 49.9 Å². The summed E-state index contributed by atoms with van der Waals surface area (Å²) in [6.45, 7) is 0. The quantitative estimate of drug-likeness (QED) is 0.674. The fourth-order valence-corrected chi connectivity index (χ4v) is 3.15. The van der Waals surface area contributed by atoms with Crippen molar-refractivity contribution in [2.45, 2.75) is 43.4 Å². The molecule has 1 aromatic rings. The number of rotatable bonds is 3. The summed E-state index contributed by atoms with van der Waals surface area (Å²) in [7, 11) is -3.55. The Labute approximate surface area is 122 Å². The Kier molecular flexibility index (Phi) is 4.99. The Bertz CT molecular complexity index is 543. The molecule has 0 heterocycles. The van der Waals surface area contributed by atoms with Crippen LogP contribution >= 0.6 is 15.9 Å². The molecule has 6 heteroatoms. The van der Waals surface area contributed by atoms with Gasteiger partial charge < -0.3 is 0 Å². The molecule has 1 fully saturated rings. The lowest BCUT2D eigenvalue weighted by atomic mass is 10.2. The number of halogens is 1. The highest BCUT2D eigenvalue weighted by Crippen LogP contribution is 2.16. The number of hydrogen-bond acceptors (Lipinski definition) is 3. The molecule has 0 bridgehead atoms. The van der Waals surface area contributed by atoms with E-state index in [1.807, 2.05) is 0 Å². The molecule has 1 aromatic carbocycles. The lowest BCUT2D eigenvalue weighted by molar-refractivity contribution is 0.584. The molecule has 0 amide bonds. The predicted octanol–water partition coefficient (Wildman–Crippen LogP) is 3.44. The van der Waals surface area contributed by atoms with E-state index < -0.39 is 10.0 Å². The Morgan fingerprint density at radius 2 is 1.58 bits per heavy atom. The van der Waals surface area contributed by atoms with Gasteiger partial charge in [-0.3, -0.25) is 0 Å². The Morgan fingerprint density at radius 3 is 2.16 bits per heavy atom. The molecule has 0 unspecified atom stereocenters. The maximum atomic E-state index is 12.0. The number of nitrogens with one attached hydrogen (secondary N) is 1. The molecule has 0 atom stereocenters. The molecular formula is C13H17BrN2O2S. The molecule has 2 rings (SSSR count). The fraction of sp³-hybridized carbons (Fsp3) is 0.462. The third kappa shape index (κ3) is 4.31. The molecule has 0 spiro atoms. The topological polar surface area (TPSA) is 58.5 Å². The highest BCUT2D eigenvalue weighted by molar-refractivity contribution is 9.10. The van der Waals surface area contributed by atoms with E-state index in [-0.39, 0.29) is 4.90 Å². The fourth-order valence-electron chi connectivity index (χ4n) is 2.04. The second kappa shape index (κ2) is 6.52. The summed E-state index contributed by atoms with van der Waals surface area (Å²) in [4.78, 5) is 2.57. The zero-order valence-corrected chi connectivity index (χ0v) is 13.0. The van der Waals surface area contributed by atoms with E-state index in [4.69, 9.17) is 0 Å². The molecule has 0 radical (unpaired) electrons. The average molecular weight is 345 g/mol. The molecule has 0 aliphatic heterocycles. The standard InChI is InChI=1S/C13H17BrN2O2S/c14-11-7-9-13(10-8-11)19(17,18)16-15-12-5-3-1-2-4-6-12/h7-10,16H,1-6H2. The van der Waals surface area contributed by atoms with Gasteiger partial charge >= 0.3 is 0 Å². The van der Waals surface area contributed by atoms with Crippen LogP contribution in [0.1, 0.15) is 38.5 Å². The maximum absolute atomic E-state index is 12.0. The van der Waals surface area contributed by atoms with Gasteiger partial charge in [0, 0.05) is 10.2 Å². The van der Waals surface area contributed by atoms with Crippen LogP contribution in [-0.4, -0.2) is 14.1 Å². The van der Waals surface area contributed by atoms with Crippen LogP contribution in [0.3, 0.4) is 0 Å². The van der Waals surface area contributed by atoms with Crippen LogP contribution in [0.15, 0.2) is 38.7 Å². The Hall–Kier alpha value is -0.880. The van der Waals surface area contributed by atoms with E-state index in [2.05, 4.69) is 25.9 Å². The molecule has 0 saturated heterocycles. The van der Waals surface area contributed by atoms with Gasteiger partial charge in [-0.15, -0.1) is 0 Å². The monoisotopic (exact) mass is 344 g/mol. The minimum absolute atomic E-state index is 0.230. The van der Waals surface area contributed by atoms with E-state index in [1.165, 1.54) is 12.8 Å². The predicted molar refractivity (Wildman–Crippen MR) is 79.6 cm³/mol. The number of nitrogens with zero attached hydrogens (tertiary/aromatic N) is 1. The van der Waals surface area contributed by atoms with Crippen molar-refractivity contribution in [3.05, 3.63) is 28.7 Å². The highest BCUT2D eigenvalue weighted by Gasteiger charge is 2.13. The summed E-state index contributed by atoms with van der Waals surface area (Å²) < 4.78 is 24.9. The van der Waals surface area contributed by atoms with Gasteiger partial charge in [0.05, 0.1) is 4.90 Å². The molecular weight excluding hydrogens is 328 g/mol. The summed E-state index contributed by atoms with van der Waals surface area (Å²) in [5.74, 6) is 0. The van der Waals surface area contributed by atoms with Crippen LogP contribution in [0.5, 0.6) is 0 Å². The van der Waals surface area contributed by atoms with Gasteiger partial charge in [-0.25, -0.2) is 4.83 Å². The summed E-state index contributed by atoms with van der Waals surface area (Å²) in [6.07, 6.45) is 6.39. The number of hydrazone groups is 1. The van der Waals surface area contributed by atoms with Crippen molar-refractivity contribution in [1.29, 1.82) is 0 Å². The first-order chi connectivity index (χ1) is 9.08. The smallest absolute Gasteiger partial charge is 0.200 e. The van der Waals surface area contributed by atoms with Crippen molar-refractivity contribution >= 4 is 31.7 Å². The van der Waals surface area contributed by atoms with Crippen LogP contribution in [0.25, 0.3) is 0 Å². The minimum atomic E-state index is -3.55. The van der Waals surface area contributed by atoms with E-state index in [0.29, 0.717) is 0 Å². The SMILES string of the molecule is O=S(=O)(NN=C1CCCCCC1)c1ccc(Br)cc1. The molecule has 1 N–H and O–H groups in total. The minimum Gasteiger partial charge on any atom is -0.200 e. The first kappa shape index (κ1) is 14.5. The summed E-state index contributed by atoms with van der Waals surface area (Å²) in [6, 6.07) is 6.51. The molecule has 1 aliphatic rings. The van der Waals surface area contributed by atoms with E-state index in [1.54, 1.807) is 24.3 Å². The maximum Gasteiger partial charge on any atom is 0.276 e. The zero-order valence-electron chi connectivity index (χ0n) is 10.6. The van der Waals surface area contributed by atoms with Crippen molar-refractivity contribution in [2.24, 2.45) is 5.10 Å². The van der Waals surface area contributed by atoms with Gasteiger partial charge in [-0.1, -0.05) is 28.8 Å². The molecule has 0 aromatic heterocycles. The third-order valence-electron chi connectivity index (χ3n) is 3.13. The second-order valence-corrected chi connectivity index (χ2v) is 7.22. The van der Waals surface area contributed by atoms with E-state index in [0.717, 1.165) is 35.9 Å². The van der Waals surface area contributed by atoms with Gasteiger partial charge in [-0.2, -0.15) is 13.5 Å². The molecule has 1 aliphatic carbocycles. The van der Waals surface area contributed by atoms with E-state index in [9.17, 15) is 8.42 Å². The Morgan fingerprint density at radius 1 is 1.00 bits per heavy atom. The summed E-state index contributed by atoms with van der Waals surface area (Å²) >= 11 is 3.28. The van der Waals surface area contributed by atoms with Crippen LogP contribution < -0.4 is 4.83 Å². The number of hydrogen-bond donors (Lipinski definition) is 1. The van der Waals surface area contributed by atoms with Crippen molar-refractivity contribution in [1.82, 2.24) is 4.83 Å². The van der Waals surface area contributed by atoms with Crippen LogP contribution in [0, 0.1) is 0 Å². The van der Waals surface area contributed by atoms with Crippen LogP contribution in [0.2, 0.25) is 0 Å². The van der Waals surface area contributed by atoms with Gasteiger partial charge in [0.15, 0.2) is 0 Å². The van der Waals surface area contributed by atoms with Gasteiger partial charge in [0.25, 0.3) is 10.0 Å². The first-order valence-electron chi connectivity index (χ1n) is 6.41. The summed E-state index contributed by atoms with van der Waals surface area (Å²) in [5.41, 5.74) is 0.957. The molecule has 1 saturated carbocycles. The van der Waals surface area contributed by atoms with Crippen molar-refractivity contribution in [3.63, 3.8) is 0 Å².